The zero-order chi connectivity index (χ0) is 14.3. The molecule has 4 nitrogen and oxygen atoms in total. The van der Waals surface area contributed by atoms with Gasteiger partial charge in [-0.2, -0.15) is 0 Å². The van der Waals surface area contributed by atoms with E-state index < -0.39 is 7.75 Å². The van der Waals surface area contributed by atoms with Gasteiger partial charge in [0.15, 0.2) is 0 Å². The molecule has 0 radical (unpaired) electrons. The Hall–Kier alpha value is -0.250. The molecule has 0 saturated heterocycles. The van der Waals surface area contributed by atoms with E-state index >= 15 is 0 Å². The van der Waals surface area contributed by atoms with Crippen molar-refractivity contribution in [2.24, 2.45) is 0 Å². The number of rotatable bonds is 8. The van der Waals surface area contributed by atoms with E-state index in [0.717, 1.165) is 19.3 Å². The molecule has 19 heavy (non-hydrogen) atoms. The van der Waals surface area contributed by atoms with E-state index in [2.05, 4.69) is 12.0 Å². The summed E-state index contributed by atoms with van der Waals surface area (Å²) < 4.78 is 16.6. The maximum atomic E-state index is 11.7. The Morgan fingerprint density at radius 1 is 1.32 bits per heavy atom. The summed E-state index contributed by atoms with van der Waals surface area (Å²) in [5.41, 5.74) is 0.223. The number of nitrogens with one attached hydrogen (secondary N) is 1. The second-order valence-electron chi connectivity index (χ2n) is 4.13. The molecule has 1 rings (SSSR count). The van der Waals surface area contributed by atoms with Gasteiger partial charge in [0.2, 0.25) is 7.75 Å². The number of unbranched alkanes of at least 4 members (excludes halogenated alkanes) is 3. The molecule has 0 aliphatic carbocycles. The van der Waals surface area contributed by atoms with Gasteiger partial charge in [-0.05, 0) is 24.6 Å². The molecule has 0 heterocycles. The lowest BCUT2D eigenvalue weighted by Gasteiger charge is -2.25. The molecule has 1 aromatic rings. The Morgan fingerprint density at radius 2 is 2.05 bits per heavy atom. The highest BCUT2D eigenvalue weighted by atomic mass is 35.5. The van der Waals surface area contributed by atoms with E-state index in [1.54, 1.807) is 6.07 Å². The van der Waals surface area contributed by atoms with Crippen LogP contribution in [0.15, 0.2) is 18.2 Å². The van der Waals surface area contributed by atoms with Gasteiger partial charge in [-0.25, -0.2) is 0 Å². The first-order valence-corrected chi connectivity index (χ1v) is 8.43. The van der Waals surface area contributed by atoms with Gasteiger partial charge in [-0.15, -0.1) is 0 Å². The van der Waals surface area contributed by atoms with E-state index in [4.69, 9.17) is 27.7 Å². The molecule has 0 amide bonds. The van der Waals surface area contributed by atoms with E-state index in [1.165, 1.54) is 12.1 Å². The van der Waals surface area contributed by atoms with Crippen LogP contribution < -0.4 is 9.98 Å². The van der Waals surface area contributed by atoms with Crippen molar-refractivity contribution in [1.29, 1.82) is 0 Å². The van der Waals surface area contributed by atoms with Gasteiger partial charge in [-0.3, -0.25) is 4.57 Å². The molecule has 0 bridgehead atoms. The minimum absolute atomic E-state index is 0.173. The highest BCUT2D eigenvalue weighted by molar-refractivity contribution is 7.53. The van der Waals surface area contributed by atoms with E-state index in [-0.39, 0.29) is 17.3 Å². The van der Waals surface area contributed by atoms with Gasteiger partial charge in [0.05, 0.1) is 17.3 Å². The third-order valence-electron chi connectivity index (χ3n) is 2.44. The smallest absolute Gasteiger partial charge is 0.229 e. The lowest BCUT2D eigenvalue weighted by atomic mass is 10.2. The molecular formula is C12H17Cl2NO3P-. The first-order chi connectivity index (χ1) is 8.94. The number of anilines is 1. The quantitative estimate of drug-likeness (QED) is 0.566. The monoisotopic (exact) mass is 324 g/mol. The van der Waals surface area contributed by atoms with Crippen LogP contribution in [0.2, 0.25) is 10.0 Å². The molecular weight excluding hydrogens is 308 g/mol. The maximum absolute atomic E-state index is 11.7. The predicted molar refractivity (Wildman–Crippen MR) is 77.8 cm³/mol. The predicted octanol–water partition coefficient (Wildman–Crippen LogP) is 4.47. The fraction of sp³-hybridized carbons (Fsp3) is 0.500. The lowest BCUT2D eigenvalue weighted by Crippen LogP contribution is -2.13. The SMILES string of the molecule is CCCCCCOP(=O)([O-])Nc1cc(Cl)ccc1Cl. The summed E-state index contributed by atoms with van der Waals surface area (Å²) in [7, 11) is -4.15. The average Bonchev–Trinajstić information content (AvgIpc) is 2.33. The van der Waals surface area contributed by atoms with Gasteiger partial charge >= 0.3 is 0 Å². The van der Waals surface area contributed by atoms with Crippen LogP contribution >= 0.6 is 30.9 Å². The Labute approximate surface area is 123 Å². The van der Waals surface area contributed by atoms with Crippen LogP contribution in [0.4, 0.5) is 5.69 Å². The minimum atomic E-state index is -4.15. The normalized spacial score (nSPS) is 14.1. The second kappa shape index (κ2) is 8.13. The van der Waals surface area contributed by atoms with Crippen molar-refractivity contribution in [2.75, 3.05) is 11.7 Å². The molecule has 0 fully saturated rings. The molecule has 0 aliphatic rings. The third kappa shape index (κ3) is 6.64. The van der Waals surface area contributed by atoms with Crippen LogP contribution in [-0.2, 0) is 9.09 Å². The number of halogens is 2. The summed E-state index contributed by atoms with van der Waals surface area (Å²) in [4.78, 5) is 11.7. The minimum Gasteiger partial charge on any atom is -0.762 e. The second-order valence-corrected chi connectivity index (χ2v) is 6.45. The standard InChI is InChI=1S/C12H18Cl2NO3P/c1-2-3-4-5-8-18-19(16,17)15-12-9-10(13)6-7-11(12)14/h6-7,9H,2-5,8H2,1H3,(H2,15,16,17)/p-1. The van der Waals surface area contributed by atoms with Crippen molar-refractivity contribution < 1.29 is 14.0 Å². The number of benzene rings is 1. The van der Waals surface area contributed by atoms with Crippen molar-refractivity contribution in [3.05, 3.63) is 28.2 Å². The fourth-order valence-corrected chi connectivity index (χ4v) is 2.79. The number of hydrogen-bond acceptors (Lipinski definition) is 3. The third-order valence-corrected chi connectivity index (χ3v) is 4.05. The zero-order valence-corrected chi connectivity index (χ0v) is 13.1. The molecule has 0 spiro atoms. The summed E-state index contributed by atoms with van der Waals surface area (Å²) in [5, 5.41) is 2.95. The maximum Gasteiger partial charge on any atom is 0.229 e. The molecule has 0 saturated carbocycles. The van der Waals surface area contributed by atoms with Gasteiger partial charge < -0.3 is 14.5 Å². The molecule has 7 heteroatoms. The molecule has 1 aromatic carbocycles. The molecule has 108 valence electrons. The van der Waals surface area contributed by atoms with Crippen LogP contribution in [-0.4, -0.2) is 6.61 Å². The van der Waals surface area contributed by atoms with E-state index in [1.807, 2.05) is 0 Å². The Morgan fingerprint density at radius 3 is 2.74 bits per heavy atom. The summed E-state index contributed by atoms with van der Waals surface area (Å²) in [6.45, 7) is 2.26. The largest absolute Gasteiger partial charge is 0.762 e. The lowest BCUT2D eigenvalue weighted by molar-refractivity contribution is -0.196. The van der Waals surface area contributed by atoms with Crippen molar-refractivity contribution in [3.63, 3.8) is 0 Å². The van der Waals surface area contributed by atoms with Crippen LogP contribution in [0.3, 0.4) is 0 Å². The van der Waals surface area contributed by atoms with Crippen LogP contribution in [0, 0.1) is 0 Å². The van der Waals surface area contributed by atoms with Gasteiger partial charge in [0.1, 0.15) is 0 Å². The molecule has 0 aromatic heterocycles. The Balaban J connectivity index is 2.49. The molecule has 1 atom stereocenters. The van der Waals surface area contributed by atoms with Crippen molar-refractivity contribution in [2.45, 2.75) is 32.6 Å². The van der Waals surface area contributed by atoms with E-state index in [0.29, 0.717) is 11.4 Å². The summed E-state index contributed by atoms with van der Waals surface area (Å²) in [6.07, 6.45) is 3.82. The molecule has 0 aliphatic heterocycles. The highest BCUT2D eigenvalue weighted by Crippen LogP contribution is 2.40. The zero-order valence-electron chi connectivity index (χ0n) is 10.7. The van der Waals surface area contributed by atoms with Crippen molar-refractivity contribution in [3.8, 4) is 0 Å². The average molecular weight is 325 g/mol. The van der Waals surface area contributed by atoms with Crippen molar-refractivity contribution in [1.82, 2.24) is 0 Å². The van der Waals surface area contributed by atoms with Crippen molar-refractivity contribution >= 4 is 36.6 Å². The summed E-state index contributed by atoms with van der Waals surface area (Å²) in [5.74, 6) is 0. The molecule has 1 unspecified atom stereocenters. The van der Waals surface area contributed by atoms with Gasteiger partial charge in [0, 0.05) is 5.02 Å². The summed E-state index contributed by atoms with van der Waals surface area (Å²) >= 11 is 11.6. The topological polar surface area (TPSA) is 61.4 Å². The molecule has 1 N–H and O–H groups in total. The fourth-order valence-electron chi connectivity index (χ4n) is 1.48. The first kappa shape index (κ1) is 16.8. The van der Waals surface area contributed by atoms with E-state index in [9.17, 15) is 9.46 Å². The Kier molecular flexibility index (Phi) is 7.19. The Bertz CT molecular complexity index is 457. The highest BCUT2D eigenvalue weighted by Gasteiger charge is 2.11. The first-order valence-electron chi connectivity index (χ1n) is 6.13. The van der Waals surface area contributed by atoms with Crippen LogP contribution in [0.5, 0.6) is 0 Å². The van der Waals surface area contributed by atoms with Gasteiger partial charge in [0.25, 0.3) is 0 Å². The van der Waals surface area contributed by atoms with Crippen LogP contribution in [0.25, 0.3) is 0 Å². The van der Waals surface area contributed by atoms with Gasteiger partial charge in [-0.1, -0.05) is 49.4 Å². The summed E-state index contributed by atoms with van der Waals surface area (Å²) in [6, 6.07) is 4.54. The number of hydrogen-bond donors (Lipinski definition) is 1. The van der Waals surface area contributed by atoms with Crippen LogP contribution in [0.1, 0.15) is 32.6 Å².